The van der Waals surface area contributed by atoms with Crippen LogP contribution in [-0.4, -0.2) is 15.2 Å². The number of para-hydroxylation sites is 1. The van der Waals surface area contributed by atoms with E-state index in [0.717, 1.165) is 5.52 Å². The molecule has 0 bridgehead atoms. The molecule has 94 valence electrons. The normalized spacial score (nSPS) is 11.2. The van der Waals surface area contributed by atoms with Crippen LogP contribution in [0.25, 0.3) is 11.0 Å². The molecule has 0 unspecified atom stereocenters. The molecular weight excluding hydrogens is 296 g/mol. The lowest BCUT2D eigenvalue weighted by Gasteiger charge is -1.91. The summed E-state index contributed by atoms with van der Waals surface area (Å²) in [5.74, 6) is 0. The maximum atomic E-state index is 10.4. The first-order chi connectivity index (χ1) is 7.70. The van der Waals surface area contributed by atoms with Crippen LogP contribution in [0.3, 0.4) is 0 Å². The van der Waals surface area contributed by atoms with Crippen molar-refractivity contribution in [3.05, 3.63) is 23.2 Å². The lowest BCUT2D eigenvalue weighted by atomic mass is 10.3. The van der Waals surface area contributed by atoms with Gasteiger partial charge in [-0.1, -0.05) is 17.7 Å². The van der Waals surface area contributed by atoms with Gasteiger partial charge in [-0.15, -0.1) is 12.6 Å². The van der Waals surface area contributed by atoms with Crippen molar-refractivity contribution in [1.82, 2.24) is 9.07 Å². The highest BCUT2D eigenvalue weighted by Gasteiger charge is 2.15. The standard InChI is InChI=1S/C7H4Cl2N2S.C2H3F3/c8-4-2-1-3-5-6(4)10-7(12)11(5)9;1-2(3,4)5/h1-3H,(H,10,12);1H3. The molecule has 0 aliphatic heterocycles. The number of rotatable bonds is 0. The molecule has 17 heavy (non-hydrogen) atoms. The minimum atomic E-state index is -4.00. The number of aromatic nitrogens is 2. The molecule has 0 amide bonds. The van der Waals surface area contributed by atoms with Gasteiger partial charge in [0.05, 0.1) is 10.5 Å². The molecule has 2 rings (SSSR count). The number of nitrogens with zero attached hydrogens (tertiary/aromatic N) is 2. The zero-order valence-corrected chi connectivity index (χ0v) is 10.9. The minimum absolute atomic E-state index is 0.188. The van der Waals surface area contributed by atoms with E-state index in [1.165, 1.54) is 4.09 Å². The van der Waals surface area contributed by atoms with Crippen molar-refractivity contribution in [2.45, 2.75) is 18.3 Å². The molecule has 0 aliphatic rings. The monoisotopic (exact) mass is 302 g/mol. The Morgan fingerprint density at radius 1 is 1.35 bits per heavy atom. The number of halogens is 5. The van der Waals surface area contributed by atoms with Crippen LogP contribution in [0.1, 0.15) is 6.92 Å². The highest BCUT2D eigenvalue weighted by molar-refractivity contribution is 7.80. The summed E-state index contributed by atoms with van der Waals surface area (Å²) in [7, 11) is 0. The first-order valence-corrected chi connectivity index (χ1v) is 5.45. The fourth-order valence-electron chi connectivity index (χ4n) is 1.02. The van der Waals surface area contributed by atoms with Gasteiger partial charge in [0.25, 0.3) is 0 Å². The van der Waals surface area contributed by atoms with Crippen LogP contribution in [0, 0.1) is 0 Å². The van der Waals surface area contributed by atoms with Gasteiger partial charge in [-0.2, -0.15) is 13.2 Å². The third-order valence-corrected chi connectivity index (χ3v) is 2.63. The second kappa shape index (κ2) is 5.37. The second-order valence-corrected chi connectivity index (χ2v) is 4.23. The first-order valence-electron chi connectivity index (χ1n) is 4.29. The van der Waals surface area contributed by atoms with Gasteiger partial charge in [0.1, 0.15) is 5.52 Å². The Balaban J connectivity index is 0.000000249. The van der Waals surface area contributed by atoms with Gasteiger partial charge < -0.3 is 0 Å². The van der Waals surface area contributed by atoms with Gasteiger partial charge in [-0.05, 0) is 12.1 Å². The van der Waals surface area contributed by atoms with Crippen molar-refractivity contribution in [2.75, 3.05) is 0 Å². The Labute approximate surface area is 111 Å². The van der Waals surface area contributed by atoms with E-state index in [9.17, 15) is 13.2 Å². The van der Waals surface area contributed by atoms with E-state index in [2.05, 4.69) is 17.6 Å². The van der Waals surface area contributed by atoms with E-state index in [1.54, 1.807) is 6.07 Å². The minimum Gasteiger partial charge on any atom is -0.229 e. The summed E-state index contributed by atoms with van der Waals surface area (Å²) >= 11 is 15.8. The molecule has 0 aliphatic carbocycles. The molecule has 0 saturated carbocycles. The summed E-state index contributed by atoms with van der Waals surface area (Å²) in [6.07, 6.45) is -4.00. The second-order valence-electron chi connectivity index (χ2n) is 3.08. The SMILES string of the molecule is CC(F)(F)F.Sc1nc2c(Cl)cccc2n1Cl. The predicted molar refractivity (Wildman–Crippen MR) is 65.0 cm³/mol. The molecular formula is C9H7Cl2F3N2S. The van der Waals surface area contributed by atoms with Gasteiger partial charge in [0.15, 0.2) is 5.16 Å². The quantitative estimate of drug-likeness (QED) is 0.707. The average molecular weight is 303 g/mol. The van der Waals surface area contributed by atoms with Crippen LogP contribution in [0.2, 0.25) is 5.02 Å². The summed E-state index contributed by atoms with van der Waals surface area (Å²) in [6.45, 7) is 0.188. The molecule has 8 heteroatoms. The zero-order valence-electron chi connectivity index (χ0n) is 8.46. The van der Waals surface area contributed by atoms with E-state index in [1.807, 2.05) is 12.1 Å². The molecule has 0 saturated heterocycles. The van der Waals surface area contributed by atoms with Gasteiger partial charge >= 0.3 is 6.18 Å². The number of benzene rings is 1. The van der Waals surface area contributed by atoms with Crippen molar-refractivity contribution in [1.29, 1.82) is 0 Å². The fraction of sp³-hybridized carbons (Fsp3) is 0.222. The molecule has 2 aromatic rings. The van der Waals surface area contributed by atoms with Crippen LogP contribution in [-0.2, 0) is 0 Å². The number of hydrogen-bond acceptors (Lipinski definition) is 2. The Morgan fingerprint density at radius 2 is 1.88 bits per heavy atom. The number of fused-ring (bicyclic) bond motifs is 1. The van der Waals surface area contributed by atoms with Crippen LogP contribution in [0.5, 0.6) is 0 Å². The summed E-state index contributed by atoms with van der Waals surface area (Å²) in [4.78, 5) is 4.08. The Bertz CT molecular complexity index is 519. The van der Waals surface area contributed by atoms with Crippen LogP contribution >= 0.6 is 36.0 Å². The number of imidazole rings is 1. The zero-order chi connectivity index (χ0) is 13.2. The highest BCUT2D eigenvalue weighted by Crippen LogP contribution is 2.25. The van der Waals surface area contributed by atoms with E-state index < -0.39 is 6.18 Å². The molecule has 1 aromatic heterocycles. The van der Waals surface area contributed by atoms with Crippen LogP contribution in [0.15, 0.2) is 23.4 Å². The molecule has 1 aromatic carbocycles. The summed E-state index contributed by atoms with van der Waals surface area (Å²) < 4.78 is 32.4. The van der Waals surface area contributed by atoms with Crippen molar-refractivity contribution in [3.63, 3.8) is 0 Å². The molecule has 1 heterocycles. The van der Waals surface area contributed by atoms with Crippen molar-refractivity contribution >= 4 is 47.0 Å². The molecule has 0 spiro atoms. The maximum absolute atomic E-state index is 10.4. The third kappa shape index (κ3) is 4.29. The Morgan fingerprint density at radius 3 is 2.35 bits per heavy atom. The third-order valence-electron chi connectivity index (χ3n) is 1.56. The smallest absolute Gasteiger partial charge is 0.229 e. The maximum Gasteiger partial charge on any atom is 0.386 e. The van der Waals surface area contributed by atoms with E-state index in [0.29, 0.717) is 15.7 Å². The van der Waals surface area contributed by atoms with Gasteiger partial charge in [0, 0.05) is 18.7 Å². The van der Waals surface area contributed by atoms with Gasteiger partial charge in [0.2, 0.25) is 0 Å². The largest absolute Gasteiger partial charge is 0.386 e. The fourth-order valence-corrected chi connectivity index (χ4v) is 1.62. The van der Waals surface area contributed by atoms with Crippen LogP contribution < -0.4 is 0 Å². The number of thiol groups is 1. The predicted octanol–water partition coefficient (Wildman–Crippen LogP) is 4.55. The lowest BCUT2D eigenvalue weighted by molar-refractivity contribution is -0.110. The first kappa shape index (κ1) is 14.5. The van der Waals surface area contributed by atoms with Crippen molar-refractivity contribution in [2.24, 2.45) is 0 Å². The molecule has 0 fully saturated rings. The summed E-state index contributed by atoms with van der Waals surface area (Å²) in [5, 5.41) is 1.03. The molecule has 0 N–H and O–H groups in total. The topological polar surface area (TPSA) is 17.8 Å². The van der Waals surface area contributed by atoms with E-state index >= 15 is 0 Å². The molecule has 0 atom stereocenters. The summed E-state index contributed by atoms with van der Waals surface area (Å²) in [6, 6.07) is 5.42. The van der Waals surface area contributed by atoms with Crippen molar-refractivity contribution < 1.29 is 13.2 Å². The molecule has 0 radical (unpaired) electrons. The van der Waals surface area contributed by atoms with Gasteiger partial charge in [-0.25, -0.2) is 9.07 Å². The Kier molecular flexibility index (Phi) is 4.57. The van der Waals surface area contributed by atoms with E-state index in [-0.39, 0.29) is 6.92 Å². The average Bonchev–Trinajstić information content (AvgIpc) is 2.43. The molecule has 2 nitrogen and oxygen atoms in total. The highest BCUT2D eigenvalue weighted by atomic mass is 35.5. The Hall–Kier alpha value is -0.590. The van der Waals surface area contributed by atoms with Crippen LogP contribution in [0.4, 0.5) is 13.2 Å². The number of hydrogen-bond donors (Lipinski definition) is 1. The summed E-state index contributed by atoms with van der Waals surface area (Å²) in [5.41, 5.74) is 1.45. The number of alkyl halides is 3. The van der Waals surface area contributed by atoms with Gasteiger partial charge in [-0.3, -0.25) is 0 Å². The van der Waals surface area contributed by atoms with E-state index in [4.69, 9.17) is 23.4 Å². The van der Waals surface area contributed by atoms with Crippen molar-refractivity contribution in [3.8, 4) is 0 Å². The lowest BCUT2D eigenvalue weighted by Crippen LogP contribution is -1.95.